The summed E-state index contributed by atoms with van der Waals surface area (Å²) in [6, 6.07) is 1.19. The van der Waals surface area contributed by atoms with E-state index >= 15 is 0 Å². The van der Waals surface area contributed by atoms with Crippen LogP contribution in [0.1, 0.15) is 12.5 Å². The molecule has 0 unspecified atom stereocenters. The van der Waals surface area contributed by atoms with E-state index in [2.05, 4.69) is 0 Å². The summed E-state index contributed by atoms with van der Waals surface area (Å²) in [5.41, 5.74) is 0.413. The second-order valence-electron chi connectivity index (χ2n) is 2.77. The molecular weight excluding hydrogens is 170 g/mol. The van der Waals surface area contributed by atoms with E-state index in [-0.39, 0.29) is 18.0 Å². The highest BCUT2D eigenvalue weighted by Crippen LogP contribution is 2.10. The molecule has 72 valence electrons. The maximum atomic E-state index is 11.2. The quantitative estimate of drug-likeness (QED) is 0.756. The van der Waals surface area contributed by atoms with Crippen LogP contribution in [-0.4, -0.2) is 16.3 Å². The van der Waals surface area contributed by atoms with Crippen molar-refractivity contribution in [1.29, 1.82) is 0 Å². The Labute approximate surface area is 76.4 Å². The lowest BCUT2D eigenvalue weighted by Gasteiger charge is -2.06. The van der Waals surface area contributed by atoms with Gasteiger partial charge < -0.3 is 9.84 Å². The molecule has 4 heteroatoms. The number of ether oxygens (including phenoxy) is 1. The molecule has 0 atom stereocenters. The van der Waals surface area contributed by atoms with Crippen LogP contribution in [0.15, 0.2) is 17.1 Å². The van der Waals surface area contributed by atoms with Gasteiger partial charge in [0.05, 0.1) is 0 Å². The Hall–Kier alpha value is -1.29. The minimum atomic E-state index is -0.253. The number of aryl methyl sites for hydroxylation is 1. The summed E-state index contributed by atoms with van der Waals surface area (Å²) in [4.78, 5) is 11.2. The fourth-order valence-electron chi connectivity index (χ4n) is 0.968. The van der Waals surface area contributed by atoms with Crippen LogP contribution in [0.2, 0.25) is 0 Å². The number of rotatable bonds is 3. The summed E-state index contributed by atoms with van der Waals surface area (Å²) < 4.78 is 6.49. The van der Waals surface area contributed by atoms with Crippen LogP contribution >= 0.6 is 0 Å². The van der Waals surface area contributed by atoms with Gasteiger partial charge in [-0.3, -0.25) is 9.36 Å². The lowest BCUT2D eigenvalue weighted by molar-refractivity contribution is 0.0851. The van der Waals surface area contributed by atoms with Crippen molar-refractivity contribution >= 4 is 0 Å². The smallest absolute Gasteiger partial charge is 0.256 e. The van der Waals surface area contributed by atoms with Crippen LogP contribution in [-0.2, 0) is 11.5 Å². The standard InChI is InChI=1S/C9H13NO3/c1-3-13-6-10-5-7(2)8(11)4-9(10)12/h4-5,11H,3,6H2,1-2H3. The zero-order chi connectivity index (χ0) is 9.84. The van der Waals surface area contributed by atoms with E-state index in [9.17, 15) is 9.90 Å². The lowest BCUT2D eigenvalue weighted by Crippen LogP contribution is -2.20. The molecule has 0 aliphatic heterocycles. The molecular formula is C9H13NO3. The van der Waals surface area contributed by atoms with Crippen molar-refractivity contribution in [1.82, 2.24) is 4.57 Å². The first-order chi connectivity index (χ1) is 6.15. The highest BCUT2D eigenvalue weighted by Gasteiger charge is 2.00. The zero-order valence-electron chi connectivity index (χ0n) is 7.78. The van der Waals surface area contributed by atoms with Crippen molar-refractivity contribution in [3.63, 3.8) is 0 Å². The molecule has 0 amide bonds. The third kappa shape index (κ3) is 2.32. The van der Waals surface area contributed by atoms with E-state index in [1.165, 1.54) is 10.6 Å². The molecule has 4 nitrogen and oxygen atoms in total. The van der Waals surface area contributed by atoms with E-state index < -0.39 is 0 Å². The summed E-state index contributed by atoms with van der Waals surface area (Å²) in [6.07, 6.45) is 1.58. The minimum absolute atomic E-state index is 0.0257. The predicted molar refractivity (Wildman–Crippen MR) is 48.7 cm³/mol. The highest BCUT2D eigenvalue weighted by atomic mass is 16.5. The fraction of sp³-hybridized carbons (Fsp3) is 0.444. The molecule has 0 saturated carbocycles. The van der Waals surface area contributed by atoms with E-state index in [1.807, 2.05) is 6.92 Å². The van der Waals surface area contributed by atoms with Crippen molar-refractivity contribution in [2.45, 2.75) is 20.6 Å². The summed E-state index contributed by atoms with van der Waals surface area (Å²) in [5, 5.41) is 9.20. The van der Waals surface area contributed by atoms with Gasteiger partial charge in [-0.1, -0.05) is 0 Å². The maximum absolute atomic E-state index is 11.2. The molecule has 0 aromatic carbocycles. The van der Waals surface area contributed by atoms with E-state index in [0.29, 0.717) is 12.2 Å². The number of aromatic nitrogens is 1. The van der Waals surface area contributed by atoms with Crippen molar-refractivity contribution in [2.75, 3.05) is 6.61 Å². The molecule has 0 aliphatic rings. The van der Waals surface area contributed by atoms with Gasteiger partial charge in [-0.2, -0.15) is 0 Å². The molecule has 0 fully saturated rings. The van der Waals surface area contributed by atoms with Crippen LogP contribution in [0.5, 0.6) is 5.75 Å². The number of hydrogen-bond acceptors (Lipinski definition) is 3. The van der Waals surface area contributed by atoms with Crippen LogP contribution in [0.4, 0.5) is 0 Å². The summed E-state index contributed by atoms with van der Waals surface area (Å²) in [6.45, 7) is 4.39. The Kier molecular flexibility index (Phi) is 3.08. The van der Waals surface area contributed by atoms with Crippen molar-refractivity contribution < 1.29 is 9.84 Å². The minimum Gasteiger partial charge on any atom is -0.507 e. The Bertz CT molecular complexity index is 343. The highest BCUT2D eigenvalue weighted by molar-refractivity contribution is 5.27. The lowest BCUT2D eigenvalue weighted by atomic mass is 10.3. The number of hydrogen-bond donors (Lipinski definition) is 1. The van der Waals surface area contributed by atoms with Crippen molar-refractivity contribution in [2.24, 2.45) is 0 Å². The number of nitrogens with zero attached hydrogens (tertiary/aromatic N) is 1. The second-order valence-corrected chi connectivity index (χ2v) is 2.77. The molecule has 1 rings (SSSR count). The zero-order valence-corrected chi connectivity index (χ0v) is 7.78. The second kappa shape index (κ2) is 4.09. The third-order valence-electron chi connectivity index (χ3n) is 1.73. The summed E-state index contributed by atoms with van der Waals surface area (Å²) in [7, 11) is 0. The van der Waals surface area contributed by atoms with Gasteiger partial charge in [-0.05, 0) is 13.8 Å². The normalized spacial score (nSPS) is 10.3. The molecule has 0 radical (unpaired) electrons. The Morgan fingerprint density at radius 2 is 2.31 bits per heavy atom. The monoisotopic (exact) mass is 183 g/mol. The molecule has 0 saturated heterocycles. The Balaban J connectivity index is 2.95. The van der Waals surface area contributed by atoms with E-state index in [4.69, 9.17) is 4.74 Å². The Morgan fingerprint density at radius 3 is 2.92 bits per heavy atom. The van der Waals surface area contributed by atoms with Gasteiger partial charge in [-0.15, -0.1) is 0 Å². The molecule has 0 aliphatic carbocycles. The molecule has 1 aromatic rings. The van der Waals surface area contributed by atoms with E-state index in [1.54, 1.807) is 13.1 Å². The van der Waals surface area contributed by atoms with E-state index in [0.717, 1.165) is 0 Å². The number of aromatic hydroxyl groups is 1. The summed E-state index contributed by atoms with van der Waals surface area (Å²) in [5.74, 6) is 0.0257. The van der Waals surface area contributed by atoms with Gasteiger partial charge in [0.15, 0.2) is 0 Å². The molecule has 0 bridgehead atoms. The fourth-order valence-corrected chi connectivity index (χ4v) is 0.968. The van der Waals surface area contributed by atoms with Gasteiger partial charge in [0.1, 0.15) is 12.5 Å². The first-order valence-corrected chi connectivity index (χ1v) is 4.13. The van der Waals surface area contributed by atoms with Crippen molar-refractivity contribution in [3.05, 3.63) is 28.2 Å². The van der Waals surface area contributed by atoms with Crippen LogP contribution in [0.3, 0.4) is 0 Å². The first kappa shape index (κ1) is 9.80. The Morgan fingerprint density at radius 1 is 1.62 bits per heavy atom. The van der Waals surface area contributed by atoms with Gasteiger partial charge in [0, 0.05) is 24.4 Å². The predicted octanol–water partition coefficient (Wildman–Crippen LogP) is 0.856. The summed E-state index contributed by atoms with van der Waals surface area (Å²) >= 11 is 0. The molecule has 1 aromatic heterocycles. The third-order valence-corrected chi connectivity index (χ3v) is 1.73. The SMILES string of the molecule is CCOCn1cc(C)c(O)cc1=O. The van der Waals surface area contributed by atoms with Crippen molar-refractivity contribution in [3.8, 4) is 5.75 Å². The van der Waals surface area contributed by atoms with Gasteiger partial charge in [-0.25, -0.2) is 0 Å². The van der Waals surface area contributed by atoms with Crippen LogP contribution < -0.4 is 5.56 Å². The number of pyridine rings is 1. The molecule has 0 spiro atoms. The topological polar surface area (TPSA) is 51.5 Å². The average molecular weight is 183 g/mol. The van der Waals surface area contributed by atoms with Crippen LogP contribution in [0, 0.1) is 6.92 Å². The molecule has 1 heterocycles. The maximum Gasteiger partial charge on any atom is 0.256 e. The van der Waals surface area contributed by atoms with Gasteiger partial charge in [0.2, 0.25) is 0 Å². The van der Waals surface area contributed by atoms with Gasteiger partial charge in [0.25, 0.3) is 5.56 Å². The molecule has 1 N–H and O–H groups in total. The first-order valence-electron chi connectivity index (χ1n) is 4.13. The average Bonchev–Trinajstić information content (AvgIpc) is 2.09. The largest absolute Gasteiger partial charge is 0.507 e. The van der Waals surface area contributed by atoms with Crippen LogP contribution in [0.25, 0.3) is 0 Å². The van der Waals surface area contributed by atoms with Gasteiger partial charge >= 0.3 is 0 Å². The molecule has 13 heavy (non-hydrogen) atoms.